The molecule has 2 aromatic carbocycles. The number of nitrogens with one attached hydrogen (secondary N) is 3. The highest BCUT2D eigenvalue weighted by atomic mass is 19.1. The van der Waals surface area contributed by atoms with Crippen LogP contribution in [0.15, 0.2) is 48.5 Å². The summed E-state index contributed by atoms with van der Waals surface area (Å²) in [5, 5.41) is 18.3. The van der Waals surface area contributed by atoms with E-state index in [1.54, 1.807) is 59.7 Å². The third-order valence-corrected chi connectivity index (χ3v) is 7.67. The van der Waals surface area contributed by atoms with Crippen LogP contribution in [-0.4, -0.2) is 59.0 Å². The fourth-order valence-electron chi connectivity index (χ4n) is 5.60. The van der Waals surface area contributed by atoms with Gasteiger partial charge in [-0.3, -0.25) is 14.4 Å². The van der Waals surface area contributed by atoms with Gasteiger partial charge in [0.25, 0.3) is 0 Å². The first-order valence-corrected chi connectivity index (χ1v) is 14.2. The largest absolute Gasteiger partial charge is 0.444 e. The Morgan fingerprint density at radius 1 is 1.09 bits per heavy atom. The van der Waals surface area contributed by atoms with Crippen LogP contribution in [0.5, 0.6) is 0 Å². The van der Waals surface area contributed by atoms with Gasteiger partial charge >= 0.3 is 6.09 Å². The minimum atomic E-state index is -1.19. The predicted molar refractivity (Wildman–Crippen MR) is 157 cm³/mol. The number of nitrogens with zero attached hydrogens (tertiary/aromatic N) is 2. The van der Waals surface area contributed by atoms with Gasteiger partial charge in [-0.15, -0.1) is 0 Å². The van der Waals surface area contributed by atoms with Crippen molar-refractivity contribution in [3.8, 4) is 6.07 Å². The number of nitriles is 1. The molecule has 11 heteroatoms. The summed E-state index contributed by atoms with van der Waals surface area (Å²) in [6.45, 7) is 10.3. The zero-order valence-electron chi connectivity index (χ0n) is 25.3. The van der Waals surface area contributed by atoms with Gasteiger partial charge in [0, 0.05) is 25.1 Å². The number of hydrogen-bond acceptors (Lipinski definition) is 6. The molecule has 0 bridgehead atoms. The van der Waals surface area contributed by atoms with Gasteiger partial charge in [-0.2, -0.15) is 5.26 Å². The number of ether oxygens (including phenoxy) is 1. The number of anilines is 1. The van der Waals surface area contributed by atoms with Crippen molar-refractivity contribution in [1.82, 2.24) is 15.5 Å². The summed E-state index contributed by atoms with van der Waals surface area (Å²) in [5.41, 5.74) is -0.765. The van der Waals surface area contributed by atoms with Crippen molar-refractivity contribution >= 4 is 29.5 Å². The average molecular weight is 592 g/mol. The highest BCUT2D eigenvalue weighted by Crippen LogP contribution is 2.46. The fourth-order valence-corrected chi connectivity index (χ4v) is 5.60. The molecule has 2 aliphatic heterocycles. The van der Waals surface area contributed by atoms with E-state index in [0.29, 0.717) is 16.8 Å². The molecule has 4 atom stereocenters. The molecule has 2 aliphatic rings. The molecule has 4 amide bonds. The second-order valence-corrected chi connectivity index (χ2v) is 13.2. The fraction of sp³-hybridized carbons (Fsp3) is 0.469. The van der Waals surface area contributed by atoms with E-state index in [9.17, 15) is 28.8 Å². The first-order valence-electron chi connectivity index (χ1n) is 14.2. The minimum absolute atomic E-state index is 0.0153. The van der Waals surface area contributed by atoms with Gasteiger partial charge in [0.05, 0.1) is 11.5 Å². The molecule has 10 nitrogen and oxygen atoms in total. The van der Waals surface area contributed by atoms with Crippen LogP contribution < -0.4 is 16.0 Å². The molecule has 0 unspecified atom stereocenters. The number of alkyl carbamates (subject to hydrolysis) is 1. The summed E-state index contributed by atoms with van der Waals surface area (Å²) in [4.78, 5) is 55.2. The van der Waals surface area contributed by atoms with Crippen molar-refractivity contribution in [3.05, 3.63) is 65.5 Å². The zero-order chi connectivity index (χ0) is 31.7. The number of para-hydroxylation sites is 1. The molecule has 1 spiro atoms. The quantitative estimate of drug-likeness (QED) is 0.467. The number of carbonyl (C=O) groups excluding carboxylic acids is 4. The van der Waals surface area contributed by atoms with E-state index in [0.717, 1.165) is 0 Å². The summed E-state index contributed by atoms with van der Waals surface area (Å²) in [6, 6.07) is 11.7. The lowest BCUT2D eigenvalue weighted by Crippen LogP contribution is -2.59. The molecular weight excluding hydrogens is 553 g/mol. The predicted octanol–water partition coefficient (Wildman–Crippen LogP) is 3.81. The van der Waals surface area contributed by atoms with E-state index in [1.807, 2.05) is 6.07 Å². The van der Waals surface area contributed by atoms with Crippen LogP contribution in [0, 0.1) is 22.6 Å². The Balaban J connectivity index is 1.65. The maximum Gasteiger partial charge on any atom is 0.408 e. The van der Waals surface area contributed by atoms with Crippen molar-refractivity contribution in [1.29, 1.82) is 5.26 Å². The molecule has 2 aromatic rings. The average Bonchev–Trinajstić information content (AvgIpc) is 3.44. The smallest absolute Gasteiger partial charge is 0.408 e. The Hall–Kier alpha value is -4.46. The molecule has 4 rings (SSSR count). The van der Waals surface area contributed by atoms with Crippen molar-refractivity contribution < 1.29 is 28.3 Å². The van der Waals surface area contributed by atoms with Gasteiger partial charge in [-0.25, -0.2) is 9.18 Å². The van der Waals surface area contributed by atoms with Crippen molar-refractivity contribution in [2.45, 2.75) is 83.5 Å². The number of amides is 4. The van der Waals surface area contributed by atoms with Gasteiger partial charge in [0.15, 0.2) is 0 Å². The summed E-state index contributed by atoms with van der Waals surface area (Å²) in [7, 11) is 0. The van der Waals surface area contributed by atoms with Crippen molar-refractivity contribution in [3.63, 3.8) is 0 Å². The summed E-state index contributed by atoms with van der Waals surface area (Å²) in [6.07, 6.45) is -0.709. The van der Waals surface area contributed by atoms with Crippen LogP contribution in [0.1, 0.15) is 59.1 Å². The summed E-state index contributed by atoms with van der Waals surface area (Å²) < 4.78 is 19.0. The summed E-state index contributed by atoms with van der Waals surface area (Å²) in [5.74, 6) is -1.95. The van der Waals surface area contributed by atoms with Crippen LogP contribution in [0.3, 0.4) is 0 Å². The van der Waals surface area contributed by atoms with E-state index in [2.05, 4.69) is 22.0 Å². The Morgan fingerprint density at radius 3 is 2.35 bits per heavy atom. The Kier molecular flexibility index (Phi) is 8.54. The third-order valence-electron chi connectivity index (χ3n) is 7.67. The molecule has 1 saturated heterocycles. The number of hydrogen-bond donors (Lipinski definition) is 3. The lowest BCUT2D eigenvalue weighted by Gasteiger charge is -2.33. The molecule has 43 heavy (non-hydrogen) atoms. The number of carbonyl (C=O) groups is 4. The van der Waals surface area contributed by atoms with Crippen molar-refractivity contribution in [2.24, 2.45) is 5.41 Å². The SMILES string of the molecule is CC(C)(C)OC(=O)N[C@H](C(=O)N[C@@H](Cc1ccc(F)cc1)C(=O)N1C[C@]2(C[C@H]1C#N)C(=O)Nc1ccccc12)C(C)(C)C. The Bertz CT molecular complexity index is 1460. The van der Waals surface area contributed by atoms with Crippen LogP contribution in [0.2, 0.25) is 0 Å². The van der Waals surface area contributed by atoms with E-state index < -0.39 is 58.3 Å². The highest BCUT2D eigenvalue weighted by Gasteiger charge is 2.56. The first kappa shape index (κ1) is 31.5. The maximum absolute atomic E-state index is 14.2. The monoisotopic (exact) mass is 591 g/mol. The molecule has 228 valence electrons. The van der Waals surface area contributed by atoms with Crippen LogP contribution in [0.4, 0.5) is 14.9 Å². The van der Waals surface area contributed by atoms with Crippen LogP contribution in [0.25, 0.3) is 0 Å². The third kappa shape index (κ3) is 6.79. The number of rotatable bonds is 6. The lowest BCUT2D eigenvalue weighted by molar-refractivity contribution is -0.138. The lowest BCUT2D eigenvalue weighted by atomic mass is 9.80. The number of fused-ring (bicyclic) bond motifs is 2. The van der Waals surface area contributed by atoms with Gasteiger partial charge in [0.2, 0.25) is 17.7 Å². The molecule has 2 heterocycles. The standard InChI is InChI=1S/C32H38FN5O5/c1-30(2,3)25(37-29(42)43-31(4,5)6)26(39)35-24(15-19-11-13-20(33)14-12-19)27(40)38-18-32(16-21(38)17-34)22-9-7-8-10-23(22)36-28(32)41/h7-14,21,24-25H,15-16,18H2,1-6H3,(H,35,39)(H,36,41)(H,37,42)/t21-,24-,25+,32-/m0/s1. The van der Waals surface area contributed by atoms with Gasteiger partial charge in [-0.1, -0.05) is 51.1 Å². The number of likely N-dealkylation sites (tertiary alicyclic amines) is 1. The molecule has 1 fully saturated rings. The van der Waals surface area contributed by atoms with Crippen molar-refractivity contribution in [2.75, 3.05) is 11.9 Å². The second-order valence-electron chi connectivity index (χ2n) is 13.2. The Labute approximate surface area is 251 Å². The van der Waals surface area contributed by atoms with Crippen LogP contribution >= 0.6 is 0 Å². The molecule has 0 radical (unpaired) electrons. The molecule has 3 N–H and O–H groups in total. The number of benzene rings is 2. The summed E-state index contributed by atoms with van der Waals surface area (Å²) >= 11 is 0. The van der Waals surface area contributed by atoms with E-state index in [1.165, 1.54) is 29.2 Å². The zero-order valence-corrected chi connectivity index (χ0v) is 25.3. The molecular formula is C32H38FN5O5. The van der Waals surface area contributed by atoms with Gasteiger partial charge in [0.1, 0.15) is 29.5 Å². The first-order chi connectivity index (χ1) is 20.0. The molecule has 0 aliphatic carbocycles. The normalized spacial score (nSPS) is 20.9. The number of halogens is 1. The van der Waals surface area contributed by atoms with E-state index in [-0.39, 0.29) is 25.3 Å². The molecule has 0 saturated carbocycles. The van der Waals surface area contributed by atoms with E-state index in [4.69, 9.17) is 4.74 Å². The minimum Gasteiger partial charge on any atom is -0.444 e. The van der Waals surface area contributed by atoms with Gasteiger partial charge < -0.3 is 25.6 Å². The highest BCUT2D eigenvalue weighted by molar-refractivity contribution is 6.07. The van der Waals surface area contributed by atoms with Crippen LogP contribution in [-0.2, 0) is 31.0 Å². The maximum atomic E-state index is 14.2. The van der Waals surface area contributed by atoms with Gasteiger partial charge in [-0.05, 0) is 55.5 Å². The molecule has 0 aromatic heterocycles. The topological polar surface area (TPSA) is 141 Å². The second kappa shape index (κ2) is 11.7. The van der Waals surface area contributed by atoms with E-state index >= 15 is 0 Å². The Morgan fingerprint density at radius 2 is 1.74 bits per heavy atom.